The van der Waals surface area contributed by atoms with E-state index in [1.165, 1.54) is 12.7 Å². The zero-order valence-corrected chi connectivity index (χ0v) is 12.5. The summed E-state index contributed by atoms with van der Waals surface area (Å²) in [5.41, 5.74) is 2.58. The van der Waals surface area contributed by atoms with Crippen LogP contribution in [0.5, 0.6) is 5.75 Å². The van der Waals surface area contributed by atoms with Crippen LogP contribution in [0.1, 0.15) is 34.7 Å². The van der Waals surface area contributed by atoms with Gasteiger partial charge in [0.2, 0.25) is 0 Å². The Kier molecular flexibility index (Phi) is 5.00. The van der Waals surface area contributed by atoms with Crippen molar-refractivity contribution in [1.29, 1.82) is 0 Å². The van der Waals surface area contributed by atoms with E-state index >= 15 is 0 Å². The topological polar surface area (TPSA) is 63.4 Å². The molecule has 2 rings (SSSR count). The quantitative estimate of drug-likeness (QED) is 0.802. The number of ether oxygens (including phenoxy) is 2. The largest absolute Gasteiger partial charge is 0.497 e. The van der Waals surface area contributed by atoms with E-state index in [-0.39, 0.29) is 12.0 Å². The summed E-state index contributed by atoms with van der Waals surface area (Å²) in [5, 5.41) is 3.40. The van der Waals surface area contributed by atoms with Crippen molar-refractivity contribution in [1.82, 2.24) is 10.3 Å². The van der Waals surface area contributed by atoms with Gasteiger partial charge >= 0.3 is 5.97 Å². The van der Waals surface area contributed by atoms with Gasteiger partial charge in [-0.05, 0) is 36.8 Å². The fraction of sp³-hybridized carbons (Fsp3) is 0.312. The van der Waals surface area contributed by atoms with Gasteiger partial charge < -0.3 is 19.8 Å². The molecule has 0 aliphatic rings. The molecule has 0 aliphatic carbocycles. The van der Waals surface area contributed by atoms with Crippen LogP contribution in [0.2, 0.25) is 0 Å². The van der Waals surface area contributed by atoms with E-state index in [9.17, 15) is 4.79 Å². The minimum Gasteiger partial charge on any atom is -0.497 e. The highest BCUT2D eigenvalue weighted by atomic mass is 16.5. The Hall–Kier alpha value is -2.27. The molecule has 0 amide bonds. The summed E-state index contributed by atoms with van der Waals surface area (Å²) >= 11 is 0. The van der Waals surface area contributed by atoms with Crippen LogP contribution in [-0.2, 0) is 11.3 Å². The van der Waals surface area contributed by atoms with Crippen molar-refractivity contribution in [2.24, 2.45) is 0 Å². The van der Waals surface area contributed by atoms with E-state index in [0.29, 0.717) is 12.2 Å². The van der Waals surface area contributed by atoms with E-state index in [0.717, 1.165) is 11.4 Å². The van der Waals surface area contributed by atoms with Gasteiger partial charge in [0.25, 0.3) is 0 Å². The van der Waals surface area contributed by atoms with Crippen LogP contribution in [-0.4, -0.2) is 25.2 Å². The predicted molar refractivity (Wildman–Crippen MR) is 80.4 cm³/mol. The number of hydrogen-bond acceptors (Lipinski definition) is 4. The third-order valence-corrected chi connectivity index (χ3v) is 3.37. The molecular formula is C16H20N2O3. The number of rotatable bonds is 6. The Labute approximate surface area is 124 Å². The SMILES string of the molecule is COC(=O)c1ccc(CNC(C)c2ccc(OC)cc2)[nH]1. The Morgan fingerprint density at radius 3 is 2.52 bits per heavy atom. The summed E-state index contributed by atoms with van der Waals surface area (Å²) in [7, 11) is 3.02. The van der Waals surface area contributed by atoms with Crippen LogP contribution in [0.25, 0.3) is 0 Å². The molecule has 0 aliphatic heterocycles. The molecule has 1 atom stereocenters. The summed E-state index contributed by atoms with van der Waals surface area (Å²) < 4.78 is 9.81. The zero-order chi connectivity index (χ0) is 15.2. The molecule has 0 saturated carbocycles. The highest BCUT2D eigenvalue weighted by Crippen LogP contribution is 2.17. The first-order valence-corrected chi connectivity index (χ1v) is 6.77. The van der Waals surface area contributed by atoms with Gasteiger partial charge in [0.1, 0.15) is 11.4 Å². The lowest BCUT2D eigenvalue weighted by molar-refractivity contribution is 0.0594. The number of esters is 1. The molecule has 1 aromatic heterocycles. The second-order valence-corrected chi connectivity index (χ2v) is 4.76. The number of carbonyl (C=O) groups excluding carboxylic acids is 1. The lowest BCUT2D eigenvalue weighted by Gasteiger charge is -2.14. The molecule has 2 N–H and O–H groups in total. The number of aromatic nitrogens is 1. The number of aromatic amines is 1. The molecule has 1 unspecified atom stereocenters. The highest BCUT2D eigenvalue weighted by molar-refractivity contribution is 5.87. The molecular weight excluding hydrogens is 268 g/mol. The maximum atomic E-state index is 11.4. The number of benzene rings is 1. The first-order chi connectivity index (χ1) is 10.1. The molecule has 2 aromatic rings. The van der Waals surface area contributed by atoms with E-state index in [4.69, 9.17) is 4.74 Å². The molecule has 5 heteroatoms. The lowest BCUT2D eigenvalue weighted by atomic mass is 10.1. The van der Waals surface area contributed by atoms with Crippen LogP contribution in [0.4, 0.5) is 0 Å². The first-order valence-electron chi connectivity index (χ1n) is 6.77. The van der Waals surface area contributed by atoms with Gasteiger partial charge in [0, 0.05) is 18.3 Å². The van der Waals surface area contributed by atoms with Gasteiger partial charge in [-0.15, -0.1) is 0 Å². The van der Waals surface area contributed by atoms with Crippen LogP contribution in [0.3, 0.4) is 0 Å². The summed E-state index contributed by atoms with van der Waals surface area (Å²) in [6.07, 6.45) is 0. The molecule has 0 radical (unpaired) electrons. The lowest BCUT2D eigenvalue weighted by Crippen LogP contribution is -2.18. The van der Waals surface area contributed by atoms with Gasteiger partial charge in [-0.2, -0.15) is 0 Å². The predicted octanol–water partition coefficient (Wildman–Crippen LogP) is 2.66. The average molecular weight is 288 g/mol. The van der Waals surface area contributed by atoms with Crippen molar-refractivity contribution in [3.63, 3.8) is 0 Å². The second kappa shape index (κ2) is 6.95. The Morgan fingerprint density at radius 1 is 1.19 bits per heavy atom. The molecule has 0 bridgehead atoms. The third-order valence-electron chi connectivity index (χ3n) is 3.37. The van der Waals surface area contributed by atoms with E-state index in [1.54, 1.807) is 13.2 Å². The standard InChI is InChI=1S/C16H20N2O3/c1-11(12-4-7-14(20-2)8-5-12)17-10-13-6-9-15(18-13)16(19)21-3/h4-9,11,17-18H,10H2,1-3H3. The van der Waals surface area contributed by atoms with Crippen molar-refractivity contribution >= 4 is 5.97 Å². The van der Waals surface area contributed by atoms with Crippen LogP contribution in [0, 0.1) is 0 Å². The zero-order valence-electron chi connectivity index (χ0n) is 12.5. The fourth-order valence-electron chi connectivity index (χ4n) is 2.05. The molecule has 1 aromatic carbocycles. The molecule has 5 nitrogen and oxygen atoms in total. The van der Waals surface area contributed by atoms with Crippen molar-refractivity contribution in [3.05, 3.63) is 53.3 Å². The summed E-state index contributed by atoms with van der Waals surface area (Å²) in [4.78, 5) is 14.4. The van der Waals surface area contributed by atoms with Crippen molar-refractivity contribution in [2.75, 3.05) is 14.2 Å². The van der Waals surface area contributed by atoms with E-state index < -0.39 is 0 Å². The number of nitrogens with one attached hydrogen (secondary N) is 2. The number of carbonyl (C=O) groups is 1. The fourth-order valence-corrected chi connectivity index (χ4v) is 2.05. The van der Waals surface area contributed by atoms with E-state index in [2.05, 4.69) is 22.0 Å². The molecule has 112 valence electrons. The summed E-state index contributed by atoms with van der Waals surface area (Å²) in [5.74, 6) is 0.488. The molecule has 1 heterocycles. The van der Waals surface area contributed by atoms with Crippen molar-refractivity contribution < 1.29 is 14.3 Å². The molecule has 0 saturated heterocycles. The summed E-state index contributed by atoms with van der Waals surface area (Å²) in [6.45, 7) is 2.73. The van der Waals surface area contributed by atoms with E-state index in [1.807, 2.05) is 30.3 Å². The first kappa shape index (κ1) is 15.1. The van der Waals surface area contributed by atoms with Gasteiger partial charge in [-0.3, -0.25) is 0 Å². The summed E-state index contributed by atoms with van der Waals surface area (Å²) in [6, 6.07) is 11.7. The van der Waals surface area contributed by atoms with Crippen molar-refractivity contribution in [3.8, 4) is 5.75 Å². The number of methoxy groups -OCH3 is 2. The van der Waals surface area contributed by atoms with Crippen LogP contribution < -0.4 is 10.1 Å². The minimum atomic E-state index is -0.357. The number of H-pyrrole nitrogens is 1. The highest BCUT2D eigenvalue weighted by Gasteiger charge is 2.09. The Balaban J connectivity index is 1.92. The number of hydrogen-bond donors (Lipinski definition) is 2. The van der Waals surface area contributed by atoms with Crippen LogP contribution in [0.15, 0.2) is 36.4 Å². The minimum absolute atomic E-state index is 0.195. The normalized spacial score (nSPS) is 12.0. The van der Waals surface area contributed by atoms with Crippen molar-refractivity contribution in [2.45, 2.75) is 19.5 Å². The second-order valence-electron chi connectivity index (χ2n) is 4.76. The average Bonchev–Trinajstić information content (AvgIpc) is 3.01. The maximum Gasteiger partial charge on any atom is 0.354 e. The van der Waals surface area contributed by atoms with Gasteiger partial charge in [0.05, 0.1) is 14.2 Å². The molecule has 21 heavy (non-hydrogen) atoms. The maximum absolute atomic E-state index is 11.4. The Morgan fingerprint density at radius 2 is 1.90 bits per heavy atom. The smallest absolute Gasteiger partial charge is 0.354 e. The van der Waals surface area contributed by atoms with Crippen LogP contribution >= 0.6 is 0 Å². The Bertz CT molecular complexity index is 590. The molecule has 0 fully saturated rings. The third kappa shape index (κ3) is 3.86. The van der Waals surface area contributed by atoms with Gasteiger partial charge in [-0.25, -0.2) is 4.79 Å². The van der Waals surface area contributed by atoms with Gasteiger partial charge in [-0.1, -0.05) is 12.1 Å². The molecule has 0 spiro atoms. The van der Waals surface area contributed by atoms with Gasteiger partial charge in [0.15, 0.2) is 0 Å². The monoisotopic (exact) mass is 288 g/mol.